The van der Waals surface area contributed by atoms with Gasteiger partial charge in [0.2, 0.25) is 5.54 Å². The van der Waals surface area contributed by atoms with Crippen LogP contribution in [0.5, 0.6) is 0 Å². The molecule has 0 unspecified atom stereocenters. The van der Waals surface area contributed by atoms with Gasteiger partial charge in [-0.25, -0.2) is 8.78 Å². The van der Waals surface area contributed by atoms with Crippen LogP contribution in [0.25, 0.3) is 0 Å². The minimum atomic E-state index is -5.28. The molecule has 0 radical (unpaired) electrons. The van der Waals surface area contributed by atoms with Gasteiger partial charge in [-0.2, -0.15) is 13.2 Å². The van der Waals surface area contributed by atoms with Crippen LogP contribution in [0.1, 0.15) is 45.4 Å². The molecule has 8 nitrogen and oxygen atoms in total. The molecule has 1 aromatic heterocycles. The fraction of sp³-hybridized carbons (Fsp3) is 0.333. The van der Waals surface area contributed by atoms with Gasteiger partial charge in [-0.1, -0.05) is 0 Å². The molecule has 2 aromatic rings. The number of aromatic nitrogens is 1. The third-order valence-corrected chi connectivity index (χ3v) is 5.66. The minimum Gasteiger partial charge on any atom is -0.367 e. The van der Waals surface area contributed by atoms with Crippen molar-refractivity contribution in [2.45, 2.75) is 44.9 Å². The second kappa shape index (κ2) is 8.54. The molecule has 3 amide bonds. The molecule has 1 aliphatic heterocycles. The zero-order valence-electron chi connectivity index (χ0n) is 17.9. The van der Waals surface area contributed by atoms with E-state index in [9.17, 15) is 41.1 Å². The molecule has 0 saturated carbocycles. The molecule has 0 fully saturated rings. The number of primary amides is 1. The number of halogens is 5. The van der Waals surface area contributed by atoms with E-state index in [2.05, 4.69) is 5.32 Å². The Morgan fingerprint density at radius 1 is 1.09 bits per heavy atom. The Morgan fingerprint density at radius 2 is 1.74 bits per heavy atom. The molecule has 0 spiro atoms. The van der Waals surface area contributed by atoms with Crippen molar-refractivity contribution in [1.29, 1.82) is 0 Å². The number of carbonyl (C=O) groups is 4. The predicted molar refractivity (Wildman–Crippen MR) is 108 cm³/mol. The van der Waals surface area contributed by atoms with Crippen molar-refractivity contribution in [1.82, 2.24) is 9.88 Å². The van der Waals surface area contributed by atoms with E-state index in [1.807, 2.05) is 0 Å². The first-order valence-corrected chi connectivity index (χ1v) is 9.91. The summed E-state index contributed by atoms with van der Waals surface area (Å²) in [5.41, 5.74) is 1.24. The van der Waals surface area contributed by atoms with Gasteiger partial charge in [0.05, 0.1) is 11.3 Å². The van der Waals surface area contributed by atoms with E-state index in [4.69, 9.17) is 5.73 Å². The van der Waals surface area contributed by atoms with Crippen LogP contribution in [0.3, 0.4) is 0 Å². The number of hydrogen-bond acceptors (Lipinski definition) is 4. The first-order valence-electron chi connectivity index (χ1n) is 9.91. The molecule has 1 atom stereocenters. The van der Waals surface area contributed by atoms with E-state index in [1.54, 1.807) is 0 Å². The zero-order chi connectivity index (χ0) is 25.6. The number of nitrogens with zero attached hydrogens (tertiary/aromatic N) is 1. The summed E-state index contributed by atoms with van der Waals surface area (Å²) in [7, 11) is 0. The van der Waals surface area contributed by atoms with Gasteiger partial charge in [-0.3, -0.25) is 19.2 Å². The van der Waals surface area contributed by atoms with E-state index in [-0.39, 0.29) is 29.1 Å². The molecule has 1 aromatic carbocycles. The number of amides is 3. The fourth-order valence-electron chi connectivity index (χ4n) is 3.74. The smallest absolute Gasteiger partial charge is 0.367 e. The third-order valence-electron chi connectivity index (χ3n) is 5.66. The summed E-state index contributed by atoms with van der Waals surface area (Å²) in [5, 5.41) is 3.73. The average molecular weight is 486 g/mol. The fourth-order valence-corrected chi connectivity index (χ4v) is 3.74. The Balaban J connectivity index is 1.96. The van der Waals surface area contributed by atoms with Gasteiger partial charge in [0.25, 0.3) is 23.5 Å². The van der Waals surface area contributed by atoms with Crippen LogP contribution in [-0.2, 0) is 22.6 Å². The number of alkyl halides is 3. The Labute approximate surface area is 189 Å². The SMILES string of the molecule is Cc1c(C(=O)Nc2ccc(F)c(F)c2)c2n(c1C(=O)C(=O)N[C@@](C)(C(N)=O)C(F)(F)F)CCC2. The van der Waals surface area contributed by atoms with E-state index in [0.29, 0.717) is 25.5 Å². The highest BCUT2D eigenvalue weighted by molar-refractivity contribution is 6.43. The lowest BCUT2D eigenvalue weighted by molar-refractivity contribution is -0.194. The topological polar surface area (TPSA) is 123 Å². The highest BCUT2D eigenvalue weighted by Gasteiger charge is 2.57. The van der Waals surface area contributed by atoms with Gasteiger partial charge < -0.3 is 20.9 Å². The Hall–Kier alpha value is -3.77. The molecule has 34 heavy (non-hydrogen) atoms. The highest BCUT2D eigenvalue weighted by atomic mass is 19.4. The van der Waals surface area contributed by atoms with Crippen LogP contribution in [0.4, 0.5) is 27.6 Å². The number of nitrogens with two attached hydrogens (primary N) is 1. The van der Waals surface area contributed by atoms with E-state index < -0.39 is 46.9 Å². The Morgan fingerprint density at radius 3 is 2.29 bits per heavy atom. The summed E-state index contributed by atoms with van der Waals surface area (Å²) in [6, 6.07) is 2.67. The largest absolute Gasteiger partial charge is 0.420 e. The lowest BCUT2D eigenvalue weighted by atomic mass is 9.99. The number of hydrogen-bond donors (Lipinski definition) is 3. The van der Waals surface area contributed by atoms with Crippen LogP contribution in [-0.4, -0.2) is 39.8 Å². The maximum atomic E-state index is 13.5. The van der Waals surface area contributed by atoms with Crippen molar-refractivity contribution in [3.05, 3.63) is 52.3 Å². The van der Waals surface area contributed by atoms with E-state index in [0.717, 1.165) is 18.2 Å². The number of rotatable bonds is 6. The first-order chi connectivity index (χ1) is 15.7. The number of ketones is 1. The first kappa shape index (κ1) is 24.9. The molecule has 2 heterocycles. The standard InChI is InChI=1S/C21H19F5N4O4/c1-9-14(17(32)28-10-5-6-11(22)12(23)8-10)13-4-3-7-30(13)15(9)16(31)18(33)29-20(2,19(27)34)21(24,25)26/h5-6,8H,3-4,7H2,1-2H3,(H2,27,34)(H,28,32)(H,29,33)/t20-/m0/s1. The monoisotopic (exact) mass is 486 g/mol. The van der Waals surface area contributed by atoms with Gasteiger partial charge in [0.1, 0.15) is 0 Å². The molecule has 0 saturated heterocycles. The predicted octanol–water partition coefficient (Wildman–Crippen LogP) is 2.38. The second-order valence-corrected chi connectivity index (χ2v) is 7.90. The second-order valence-electron chi connectivity index (χ2n) is 7.90. The molecule has 3 rings (SSSR count). The number of Topliss-reactive ketones (excluding diaryl/α,β-unsaturated/α-hetero) is 1. The van der Waals surface area contributed by atoms with Crippen molar-refractivity contribution in [2.24, 2.45) is 5.73 Å². The lowest BCUT2D eigenvalue weighted by Gasteiger charge is -2.29. The van der Waals surface area contributed by atoms with Crippen LogP contribution < -0.4 is 16.4 Å². The molecular weight excluding hydrogens is 467 g/mol. The van der Waals surface area contributed by atoms with Crippen molar-refractivity contribution < 1.29 is 41.1 Å². The Kier molecular flexibility index (Phi) is 6.24. The Bertz CT molecular complexity index is 1220. The number of benzene rings is 1. The average Bonchev–Trinajstić information content (AvgIpc) is 3.28. The number of fused-ring (bicyclic) bond motifs is 1. The van der Waals surface area contributed by atoms with Gasteiger partial charge in [-0.05, 0) is 44.4 Å². The molecular formula is C21H19F5N4O4. The van der Waals surface area contributed by atoms with Crippen LogP contribution >= 0.6 is 0 Å². The summed E-state index contributed by atoms with van der Waals surface area (Å²) in [6.45, 7) is 1.86. The van der Waals surface area contributed by atoms with Crippen molar-refractivity contribution >= 4 is 29.2 Å². The lowest BCUT2D eigenvalue weighted by Crippen LogP contribution is -2.65. The summed E-state index contributed by atoms with van der Waals surface area (Å²) in [6.07, 6.45) is -4.48. The van der Waals surface area contributed by atoms with Crippen LogP contribution in [0.2, 0.25) is 0 Å². The maximum absolute atomic E-state index is 13.5. The van der Waals surface area contributed by atoms with Gasteiger partial charge in [0.15, 0.2) is 11.6 Å². The van der Waals surface area contributed by atoms with Crippen molar-refractivity contribution in [3.8, 4) is 0 Å². The van der Waals surface area contributed by atoms with Crippen molar-refractivity contribution in [3.63, 3.8) is 0 Å². The van der Waals surface area contributed by atoms with E-state index in [1.165, 1.54) is 16.8 Å². The quantitative estimate of drug-likeness (QED) is 0.330. The van der Waals surface area contributed by atoms with Gasteiger partial charge >= 0.3 is 6.18 Å². The molecule has 4 N–H and O–H groups in total. The number of carbonyl (C=O) groups excluding carboxylic acids is 4. The molecule has 0 aliphatic carbocycles. The molecule has 182 valence electrons. The number of anilines is 1. The van der Waals surface area contributed by atoms with Crippen LogP contribution in [0.15, 0.2) is 18.2 Å². The zero-order valence-corrected chi connectivity index (χ0v) is 17.9. The summed E-state index contributed by atoms with van der Waals surface area (Å²) >= 11 is 0. The molecule has 1 aliphatic rings. The summed E-state index contributed by atoms with van der Waals surface area (Å²) in [5.74, 6) is -8.16. The molecule has 13 heteroatoms. The highest BCUT2D eigenvalue weighted by Crippen LogP contribution is 2.32. The van der Waals surface area contributed by atoms with Crippen molar-refractivity contribution in [2.75, 3.05) is 5.32 Å². The maximum Gasteiger partial charge on any atom is 0.420 e. The molecule has 0 bridgehead atoms. The minimum absolute atomic E-state index is 0.00252. The van der Waals surface area contributed by atoms with Crippen LogP contribution in [0, 0.1) is 18.6 Å². The summed E-state index contributed by atoms with van der Waals surface area (Å²) < 4.78 is 67.9. The normalized spacial score (nSPS) is 14.8. The van der Waals surface area contributed by atoms with Gasteiger partial charge in [0, 0.05) is 24.0 Å². The number of nitrogens with one attached hydrogen (secondary N) is 2. The third kappa shape index (κ3) is 4.13. The summed E-state index contributed by atoms with van der Waals surface area (Å²) in [4.78, 5) is 49.6. The van der Waals surface area contributed by atoms with Gasteiger partial charge in [-0.15, -0.1) is 0 Å². The van der Waals surface area contributed by atoms with E-state index >= 15 is 0 Å².